The third-order valence-corrected chi connectivity index (χ3v) is 5.16. The summed E-state index contributed by atoms with van der Waals surface area (Å²) < 4.78 is 1.86. The first-order chi connectivity index (χ1) is 11.2. The Morgan fingerprint density at radius 2 is 2.13 bits per heavy atom. The molecular weight excluding hydrogens is 288 g/mol. The van der Waals surface area contributed by atoms with Gasteiger partial charge in [-0.2, -0.15) is 5.10 Å². The van der Waals surface area contributed by atoms with Gasteiger partial charge in [-0.15, -0.1) is 0 Å². The molecular formula is C18H22N4O. The minimum atomic E-state index is -0.0484. The molecule has 2 aliphatic rings. The molecule has 0 bridgehead atoms. The number of nitrogens with one attached hydrogen (secondary N) is 2. The largest absolute Gasteiger partial charge is 0.350 e. The molecule has 2 N–H and O–H groups in total. The molecule has 1 saturated carbocycles. The molecule has 2 aromatic rings. The molecule has 2 heterocycles. The van der Waals surface area contributed by atoms with Crippen LogP contribution in [0.25, 0.3) is 0 Å². The van der Waals surface area contributed by atoms with E-state index < -0.39 is 0 Å². The van der Waals surface area contributed by atoms with Crippen LogP contribution in [0, 0.1) is 0 Å². The van der Waals surface area contributed by atoms with Crippen molar-refractivity contribution in [3.05, 3.63) is 52.8 Å². The highest BCUT2D eigenvalue weighted by Crippen LogP contribution is 2.47. The number of aryl methyl sites for hydroxylation is 1. The van der Waals surface area contributed by atoms with Crippen LogP contribution in [-0.4, -0.2) is 28.8 Å². The second-order valence-corrected chi connectivity index (χ2v) is 6.65. The Hall–Kier alpha value is -2.14. The minimum absolute atomic E-state index is 0.0484. The molecule has 1 aliphatic heterocycles. The Balaban J connectivity index is 1.49. The van der Waals surface area contributed by atoms with Gasteiger partial charge in [0, 0.05) is 49.8 Å². The second-order valence-electron chi connectivity index (χ2n) is 6.65. The lowest BCUT2D eigenvalue weighted by atomic mass is 9.96. The van der Waals surface area contributed by atoms with E-state index in [4.69, 9.17) is 0 Å². The third-order valence-electron chi connectivity index (χ3n) is 5.16. The van der Waals surface area contributed by atoms with Crippen molar-refractivity contribution in [1.29, 1.82) is 0 Å². The number of carbonyl (C=O) groups is 1. The fraction of sp³-hybridized carbons (Fsp3) is 0.444. The number of aromatic nitrogens is 2. The molecule has 0 atom stereocenters. The van der Waals surface area contributed by atoms with E-state index in [1.54, 1.807) is 0 Å². The summed E-state index contributed by atoms with van der Waals surface area (Å²) in [6.45, 7) is 2.37. The lowest BCUT2D eigenvalue weighted by Crippen LogP contribution is -2.34. The van der Waals surface area contributed by atoms with Crippen molar-refractivity contribution >= 4 is 5.91 Å². The smallest absolute Gasteiger partial charge is 0.272 e. The van der Waals surface area contributed by atoms with Crippen LogP contribution in [0.1, 0.15) is 40.2 Å². The van der Waals surface area contributed by atoms with E-state index in [-0.39, 0.29) is 11.3 Å². The summed E-state index contributed by atoms with van der Waals surface area (Å²) in [5, 5.41) is 10.9. The first-order valence-corrected chi connectivity index (χ1v) is 8.29. The molecule has 1 aromatic heterocycles. The zero-order valence-corrected chi connectivity index (χ0v) is 13.4. The quantitative estimate of drug-likeness (QED) is 0.900. The molecule has 1 aliphatic carbocycles. The van der Waals surface area contributed by atoms with Crippen LogP contribution < -0.4 is 10.6 Å². The predicted octanol–water partition coefficient (Wildman–Crippen LogP) is 1.53. The van der Waals surface area contributed by atoms with Gasteiger partial charge in [0.15, 0.2) is 5.69 Å². The highest BCUT2D eigenvalue weighted by Gasteiger charge is 2.44. The maximum atomic E-state index is 12.6. The summed E-state index contributed by atoms with van der Waals surface area (Å²) in [6, 6.07) is 10.5. The summed E-state index contributed by atoms with van der Waals surface area (Å²) in [6.07, 6.45) is 3.21. The van der Waals surface area contributed by atoms with E-state index in [9.17, 15) is 4.79 Å². The number of amides is 1. The van der Waals surface area contributed by atoms with E-state index >= 15 is 0 Å². The molecule has 5 heteroatoms. The maximum Gasteiger partial charge on any atom is 0.272 e. The number of nitrogens with zero attached hydrogens (tertiary/aromatic N) is 2. The van der Waals surface area contributed by atoms with Gasteiger partial charge in [0.1, 0.15) is 0 Å². The SMILES string of the molecule is Cn1nc(C(=O)NCC2(c3ccccc3)CC2)c2c1CCNC2. The van der Waals surface area contributed by atoms with Gasteiger partial charge in [0.05, 0.1) is 0 Å². The average Bonchev–Trinajstić information content (AvgIpc) is 3.32. The Morgan fingerprint density at radius 1 is 1.35 bits per heavy atom. The lowest BCUT2D eigenvalue weighted by molar-refractivity contribution is 0.0943. The monoisotopic (exact) mass is 310 g/mol. The van der Waals surface area contributed by atoms with Crippen molar-refractivity contribution < 1.29 is 4.79 Å². The van der Waals surface area contributed by atoms with Crippen LogP contribution in [0.5, 0.6) is 0 Å². The van der Waals surface area contributed by atoms with E-state index in [0.29, 0.717) is 12.2 Å². The molecule has 4 rings (SSSR count). The standard InChI is InChI=1S/C18H22N4O/c1-22-15-7-10-19-11-14(15)16(21-22)17(23)20-12-18(8-9-18)13-5-3-2-4-6-13/h2-6,19H,7-12H2,1H3,(H,20,23). The summed E-state index contributed by atoms with van der Waals surface area (Å²) >= 11 is 0. The maximum absolute atomic E-state index is 12.6. The van der Waals surface area contributed by atoms with Crippen LogP contribution in [0.15, 0.2) is 30.3 Å². The van der Waals surface area contributed by atoms with Gasteiger partial charge in [-0.05, 0) is 18.4 Å². The number of carbonyl (C=O) groups excluding carboxylic acids is 1. The summed E-state index contributed by atoms with van der Waals surface area (Å²) in [5.74, 6) is -0.0484. The average molecular weight is 310 g/mol. The molecule has 5 nitrogen and oxygen atoms in total. The van der Waals surface area contributed by atoms with Crippen LogP contribution >= 0.6 is 0 Å². The highest BCUT2D eigenvalue weighted by atomic mass is 16.2. The molecule has 0 radical (unpaired) electrons. The molecule has 23 heavy (non-hydrogen) atoms. The third kappa shape index (κ3) is 2.55. The minimum Gasteiger partial charge on any atom is -0.350 e. The summed E-state index contributed by atoms with van der Waals surface area (Å²) in [7, 11) is 1.92. The summed E-state index contributed by atoms with van der Waals surface area (Å²) in [4.78, 5) is 12.6. The number of hydrogen-bond acceptors (Lipinski definition) is 3. The van der Waals surface area contributed by atoms with Crippen LogP contribution in [-0.2, 0) is 25.4 Å². The van der Waals surface area contributed by atoms with Crippen molar-refractivity contribution in [3.63, 3.8) is 0 Å². The number of hydrogen-bond donors (Lipinski definition) is 2. The molecule has 0 unspecified atom stereocenters. The fourth-order valence-corrected chi connectivity index (χ4v) is 3.55. The van der Waals surface area contributed by atoms with Crippen molar-refractivity contribution in [3.8, 4) is 0 Å². The number of benzene rings is 1. The molecule has 1 aromatic carbocycles. The van der Waals surface area contributed by atoms with Crippen molar-refractivity contribution in [2.24, 2.45) is 7.05 Å². The van der Waals surface area contributed by atoms with Gasteiger partial charge < -0.3 is 10.6 Å². The van der Waals surface area contributed by atoms with E-state index in [0.717, 1.165) is 37.9 Å². The molecule has 120 valence electrons. The first-order valence-electron chi connectivity index (χ1n) is 8.29. The zero-order chi connectivity index (χ0) is 15.9. The fourth-order valence-electron chi connectivity index (χ4n) is 3.55. The van der Waals surface area contributed by atoms with Gasteiger partial charge in [-0.1, -0.05) is 30.3 Å². The Bertz CT molecular complexity index is 731. The van der Waals surface area contributed by atoms with E-state index in [2.05, 4.69) is 40.0 Å². The normalized spacial score (nSPS) is 18.3. The van der Waals surface area contributed by atoms with Crippen molar-refractivity contribution in [2.45, 2.75) is 31.2 Å². The van der Waals surface area contributed by atoms with Crippen LogP contribution in [0.2, 0.25) is 0 Å². The first kappa shape index (κ1) is 14.5. The van der Waals surface area contributed by atoms with Gasteiger partial charge in [0.2, 0.25) is 0 Å². The topological polar surface area (TPSA) is 59.0 Å². The van der Waals surface area contributed by atoms with Gasteiger partial charge >= 0.3 is 0 Å². The Kier molecular flexibility index (Phi) is 3.45. The Morgan fingerprint density at radius 3 is 2.87 bits per heavy atom. The highest BCUT2D eigenvalue weighted by molar-refractivity contribution is 5.94. The lowest BCUT2D eigenvalue weighted by Gasteiger charge is -2.17. The van der Waals surface area contributed by atoms with Gasteiger partial charge in [0.25, 0.3) is 5.91 Å². The van der Waals surface area contributed by atoms with Crippen LogP contribution in [0.3, 0.4) is 0 Å². The summed E-state index contributed by atoms with van der Waals surface area (Å²) in [5.41, 5.74) is 4.27. The van der Waals surface area contributed by atoms with Crippen molar-refractivity contribution in [1.82, 2.24) is 20.4 Å². The second kappa shape index (κ2) is 5.49. The predicted molar refractivity (Wildman–Crippen MR) is 88.3 cm³/mol. The molecule has 0 saturated heterocycles. The van der Waals surface area contributed by atoms with Crippen LogP contribution in [0.4, 0.5) is 0 Å². The van der Waals surface area contributed by atoms with E-state index in [1.165, 1.54) is 11.3 Å². The van der Waals surface area contributed by atoms with Gasteiger partial charge in [-0.3, -0.25) is 9.48 Å². The Labute approximate surface area is 136 Å². The van der Waals surface area contributed by atoms with Gasteiger partial charge in [-0.25, -0.2) is 0 Å². The van der Waals surface area contributed by atoms with E-state index in [1.807, 2.05) is 17.8 Å². The molecule has 1 amide bonds. The molecule has 0 spiro atoms. The van der Waals surface area contributed by atoms with Crippen molar-refractivity contribution in [2.75, 3.05) is 13.1 Å². The molecule has 1 fully saturated rings. The number of rotatable bonds is 4. The number of fused-ring (bicyclic) bond motifs is 1. The zero-order valence-electron chi connectivity index (χ0n) is 13.4.